The van der Waals surface area contributed by atoms with Crippen LogP contribution in [0.25, 0.3) is 22.3 Å². The number of H-pyrrole nitrogens is 1. The number of anilines is 2. The Hall–Kier alpha value is -4.81. The first kappa shape index (κ1) is 24.9. The second-order valence-corrected chi connectivity index (χ2v) is 7.87. The molecule has 3 aromatic carbocycles. The minimum atomic E-state index is -4.82. The lowest BCUT2D eigenvalue weighted by Gasteiger charge is -2.11. The van der Waals surface area contributed by atoms with Crippen molar-refractivity contribution in [3.8, 4) is 28.6 Å². The van der Waals surface area contributed by atoms with Gasteiger partial charge in [0.05, 0.1) is 11.1 Å². The summed E-state index contributed by atoms with van der Waals surface area (Å²) in [6, 6.07) is 16.6. The lowest BCUT2D eigenvalue weighted by Crippen LogP contribution is -2.17. The van der Waals surface area contributed by atoms with Crippen LogP contribution in [0, 0.1) is 0 Å². The molecule has 38 heavy (non-hydrogen) atoms. The summed E-state index contributed by atoms with van der Waals surface area (Å²) in [5.41, 5.74) is 0.250. The maximum atomic E-state index is 12.9. The van der Waals surface area contributed by atoms with Gasteiger partial charge < -0.3 is 14.8 Å². The molecule has 194 valence electrons. The van der Waals surface area contributed by atoms with Gasteiger partial charge in [-0.1, -0.05) is 6.07 Å². The molecule has 2 heterocycles. The lowest BCUT2D eigenvalue weighted by atomic mass is 10.2. The molecule has 5 rings (SSSR count). The van der Waals surface area contributed by atoms with Crippen molar-refractivity contribution in [3.63, 3.8) is 0 Å². The van der Waals surface area contributed by atoms with E-state index in [2.05, 4.69) is 30.2 Å². The van der Waals surface area contributed by atoms with Crippen LogP contribution >= 0.6 is 0 Å². The number of benzene rings is 3. The maximum Gasteiger partial charge on any atom is 0.573 e. The quantitative estimate of drug-likeness (QED) is 0.221. The Morgan fingerprint density at radius 2 is 1.58 bits per heavy atom. The molecule has 0 atom stereocenters. The first-order valence-corrected chi connectivity index (χ1v) is 10.8. The number of nitrogens with one attached hydrogen (secondary N) is 2. The molecular formula is C25H15F6N5O2. The Bertz CT molecular complexity index is 1580. The van der Waals surface area contributed by atoms with Crippen molar-refractivity contribution < 1.29 is 35.8 Å². The van der Waals surface area contributed by atoms with Gasteiger partial charge in [-0.25, -0.2) is 0 Å². The summed E-state index contributed by atoms with van der Waals surface area (Å²) in [6.07, 6.45) is -7.89. The van der Waals surface area contributed by atoms with Gasteiger partial charge >= 0.3 is 12.5 Å². The predicted octanol–water partition coefficient (Wildman–Crippen LogP) is 7.47. The minimum Gasteiger partial charge on any atom is -0.457 e. The monoisotopic (exact) mass is 531 g/mol. The molecule has 5 aromatic rings. The van der Waals surface area contributed by atoms with E-state index >= 15 is 0 Å². The van der Waals surface area contributed by atoms with Gasteiger partial charge in [0.1, 0.15) is 17.2 Å². The zero-order valence-corrected chi connectivity index (χ0v) is 18.9. The molecule has 0 bridgehead atoms. The van der Waals surface area contributed by atoms with Crippen LogP contribution in [-0.4, -0.2) is 26.5 Å². The predicted molar refractivity (Wildman–Crippen MR) is 125 cm³/mol. The number of aromatic amines is 1. The number of halogens is 6. The van der Waals surface area contributed by atoms with Gasteiger partial charge in [-0.15, -0.1) is 18.3 Å². The third-order valence-electron chi connectivity index (χ3n) is 5.19. The number of alkyl halides is 6. The molecule has 7 nitrogen and oxygen atoms in total. The molecule has 2 N–H and O–H groups in total. The number of fused-ring (bicyclic) bond motifs is 1. The average Bonchev–Trinajstić information content (AvgIpc) is 3.31. The summed E-state index contributed by atoms with van der Waals surface area (Å²) in [6.45, 7) is 0. The number of aromatic nitrogens is 4. The van der Waals surface area contributed by atoms with Gasteiger partial charge in [0, 0.05) is 28.9 Å². The average molecular weight is 531 g/mol. The Labute approximate surface area is 210 Å². The largest absolute Gasteiger partial charge is 0.573 e. The summed E-state index contributed by atoms with van der Waals surface area (Å²) >= 11 is 0. The van der Waals surface area contributed by atoms with E-state index in [0.29, 0.717) is 28.3 Å². The summed E-state index contributed by atoms with van der Waals surface area (Å²) in [5, 5.41) is 9.91. The molecule has 0 aliphatic carbocycles. The van der Waals surface area contributed by atoms with Crippen LogP contribution in [0.15, 0.2) is 79.0 Å². The van der Waals surface area contributed by atoms with Crippen molar-refractivity contribution in [1.82, 2.24) is 20.2 Å². The van der Waals surface area contributed by atoms with E-state index < -0.39 is 23.9 Å². The topological polar surface area (TPSA) is 85.0 Å². The third kappa shape index (κ3) is 5.77. The van der Waals surface area contributed by atoms with Gasteiger partial charge in [0.2, 0.25) is 5.95 Å². The molecule has 0 saturated carbocycles. The molecular weight excluding hydrogens is 516 g/mol. The Kier molecular flexibility index (Phi) is 6.27. The summed E-state index contributed by atoms with van der Waals surface area (Å²) < 4.78 is 86.1. The van der Waals surface area contributed by atoms with Crippen LogP contribution in [0.2, 0.25) is 0 Å². The van der Waals surface area contributed by atoms with Crippen LogP contribution < -0.4 is 14.8 Å². The Morgan fingerprint density at radius 3 is 2.32 bits per heavy atom. The van der Waals surface area contributed by atoms with E-state index in [1.54, 1.807) is 30.3 Å². The third-order valence-corrected chi connectivity index (χ3v) is 5.19. The molecule has 0 unspecified atom stereocenters. The van der Waals surface area contributed by atoms with Crippen molar-refractivity contribution in [3.05, 3.63) is 84.6 Å². The highest BCUT2D eigenvalue weighted by atomic mass is 19.4. The summed E-state index contributed by atoms with van der Waals surface area (Å²) in [5.74, 6) is 0.842. The van der Waals surface area contributed by atoms with Crippen LogP contribution in [0.3, 0.4) is 0 Å². The van der Waals surface area contributed by atoms with Gasteiger partial charge in [-0.05, 0) is 60.7 Å². The number of rotatable bonds is 6. The molecule has 0 aliphatic heterocycles. The van der Waals surface area contributed by atoms with Crippen molar-refractivity contribution in [2.24, 2.45) is 0 Å². The summed E-state index contributed by atoms with van der Waals surface area (Å²) in [7, 11) is 0. The summed E-state index contributed by atoms with van der Waals surface area (Å²) in [4.78, 5) is 8.32. The Morgan fingerprint density at radius 1 is 0.816 bits per heavy atom. The zero-order chi connectivity index (χ0) is 26.9. The van der Waals surface area contributed by atoms with E-state index in [-0.39, 0.29) is 17.2 Å². The number of nitrogens with zero attached hydrogens (tertiary/aromatic N) is 3. The first-order valence-electron chi connectivity index (χ1n) is 10.8. The van der Waals surface area contributed by atoms with Crippen molar-refractivity contribution in [2.45, 2.75) is 12.5 Å². The van der Waals surface area contributed by atoms with Crippen LogP contribution in [0.5, 0.6) is 17.2 Å². The van der Waals surface area contributed by atoms with Gasteiger partial charge in [0.15, 0.2) is 5.82 Å². The standard InChI is InChI=1S/C25H15F6N5O2/c26-24(27,28)15-2-1-3-16(12-15)33-23-34-22(35-36-23)14-4-6-17(7-5-14)37-21-10-11-32-20-13-18(8-9-19(20)21)38-25(29,30)31/h1-13H,(H2,33,34,35,36). The van der Waals surface area contributed by atoms with Gasteiger partial charge in [-0.3, -0.25) is 10.1 Å². The number of hydrogen-bond donors (Lipinski definition) is 2. The van der Waals surface area contributed by atoms with Gasteiger partial charge in [0.25, 0.3) is 0 Å². The molecule has 0 spiro atoms. The molecule has 0 fully saturated rings. The molecule has 0 saturated heterocycles. The first-order chi connectivity index (χ1) is 18.0. The maximum absolute atomic E-state index is 12.9. The van der Waals surface area contributed by atoms with Crippen LogP contribution in [0.1, 0.15) is 5.56 Å². The van der Waals surface area contributed by atoms with E-state index in [4.69, 9.17) is 4.74 Å². The SMILES string of the molecule is FC(F)(F)Oc1ccc2c(Oc3ccc(-c4nc(Nc5cccc(C(F)(F)F)c5)n[nH]4)cc3)ccnc2c1. The molecule has 2 aromatic heterocycles. The fourth-order valence-corrected chi connectivity index (χ4v) is 3.54. The van der Waals surface area contributed by atoms with Crippen molar-refractivity contribution >= 4 is 22.5 Å². The zero-order valence-electron chi connectivity index (χ0n) is 18.9. The van der Waals surface area contributed by atoms with E-state index in [1.165, 1.54) is 30.5 Å². The second-order valence-electron chi connectivity index (χ2n) is 7.87. The lowest BCUT2D eigenvalue weighted by molar-refractivity contribution is -0.274. The highest BCUT2D eigenvalue weighted by Gasteiger charge is 2.31. The van der Waals surface area contributed by atoms with Crippen LogP contribution in [0.4, 0.5) is 38.0 Å². The second kappa shape index (κ2) is 9.57. The molecule has 0 amide bonds. The normalized spacial score (nSPS) is 11.9. The molecule has 0 radical (unpaired) electrons. The Balaban J connectivity index is 1.30. The van der Waals surface area contributed by atoms with Crippen LogP contribution in [-0.2, 0) is 6.18 Å². The van der Waals surface area contributed by atoms with Crippen molar-refractivity contribution in [1.29, 1.82) is 0 Å². The number of hydrogen-bond acceptors (Lipinski definition) is 6. The number of ether oxygens (including phenoxy) is 2. The highest BCUT2D eigenvalue weighted by Crippen LogP contribution is 2.34. The molecule has 13 heteroatoms. The highest BCUT2D eigenvalue weighted by molar-refractivity contribution is 5.86. The van der Waals surface area contributed by atoms with E-state index in [1.807, 2.05) is 0 Å². The fraction of sp³-hybridized carbons (Fsp3) is 0.0800. The van der Waals surface area contributed by atoms with Gasteiger partial charge in [-0.2, -0.15) is 18.2 Å². The molecule has 0 aliphatic rings. The smallest absolute Gasteiger partial charge is 0.457 e. The minimum absolute atomic E-state index is 0.0804. The van der Waals surface area contributed by atoms with Crippen molar-refractivity contribution in [2.75, 3.05) is 5.32 Å². The van der Waals surface area contributed by atoms with E-state index in [0.717, 1.165) is 18.2 Å². The fourth-order valence-electron chi connectivity index (χ4n) is 3.54. The number of pyridine rings is 1. The van der Waals surface area contributed by atoms with E-state index in [9.17, 15) is 26.3 Å².